The van der Waals surface area contributed by atoms with Gasteiger partial charge in [-0.15, -0.1) is 0 Å². The highest BCUT2D eigenvalue weighted by Gasteiger charge is 2.33. The van der Waals surface area contributed by atoms with E-state index in [2.05, 4.69) is 5.10 Å². The Kier molecular flexibility index (Phi) is 6.22. The Bertz CT molecular complexity index is 864. The molecular formula is C21H29N5O3. The molecule has 8 heteroatoms. The molecule has 156 valence electrons. The Hall–Kier alpha value is -2.87. The second kappa shape index (κ2) is 8.65. The molecule has 3 rings (SSSR count). The summed E-state index contributed by atoms with van der Waals surface area (Å²) in [4.78, 5) is 28.7. The molecule has 8 nitrogen and oxygen atoms in total. The number of nitrogens with zero attached hydrogens (tertiary/aromatic N) is 4. The smallest absolute Gasteiger partial charge is 0.391 e. The van der Waals surface area contributed by atoms with E-state index in [0.29, 0.717) is 25.5 Å². The van der Waals surface area contributed by atoms with E-state index in [1.165, 1.54) is 0 Å². The van der Waals surface area contributed by atoms with Crippen LogP contribution in [0.15, 0.2) is 36.4 Å². The monoisotopic (exact) mass is 399 g/mol. The molecule has 29 heavy (non-hydrogen) atoms. The Morgan fingerprint density at radius 1 is 1.21 bits per heavy atom. The van der Waals surface area contributed by atoms with Gasteiger partial charge in [0.1, 0.15) is 0 Å². The van der Waals surface area contributed by atoms with E-state index in [4.69, 9.17) is 10.5 Å². The Balaban J connectivity index is 1.68. The fourth-order valence-corrected chi connectivity index (χ4v) is 3.38. The van der Waals surface area contributed by atoms with Crippen LogP contribution in [0.5, 0.6) is 5.88 Å². The van der Waals surface area contributed by atoms with Gasteiger partial charge in [-0.1, -0.05) is 32.0 Å². The van der Waals surface area contributed by atoms with Crippen molar-refractivity contribution in [2.75, 3.05) is 19.6 Å². The third-order valence-electron chi connectivity index (χ3n) is 5.17. The fraction of sp³-hybridized carbons (Fsp3) is 0.476. The summed E-state index contributed by atoms with van der Waals surface area (Å²) in [7, 11) is 0. The highest BCUT2D eigenvalue weighted by atomic mass is 16.6. The van der Waals surface area contributed by atoms with Gasteiger partial charge in [0.2, 0.25) is 11.8 Å². The lowest BCUT2D eigenvalue weighted by Crippen LogP contribution is -2.59. The summed E-state index contributed by atoms with van der Waals surface area (Å²) in [6, 6.07) is 10.5. The number of aryl methyl sites for hydroxylation is 1. The van der Waals surface area contributed by atoms with E-state index in [-0.39, 0.29) is 17.9 Å². The molecule has 1 aliphatic heterocycles. The molecule has 2 aromatic rings. The summed E-state index contributed by atoms with van der Waals surface area (Å²) in [6.45, 7) is 8.88. The molecule has 1 aliphatic rings. The maximum atomic E-state index is 12.8. The van der Waals surface area contributed by atoms with Gasteiger partial charge in [-0.2, -0.15) is 5.10 Å². The Morgan fingerprint density at radius 2 is 1.90 bits per heavy atom. The van der Waals surface area contributed by atoms with Crippen molar-refractivity contribution in [1.29, 1.82) is 0 Å². The van der Waals surface area contributed by atoms with Crippen LogP contribution in [0.4, 0.5) is 4.79 Å². The van der Waals surface area contributed by atoms with Crippen LogP contribution in [-0.4, -0.2) is 63.3 Å². The zero-order valence-electron chi connectivity index (χ0n) is 17.4. The van der Waals surface area contributed by atoms with Crippen molar-refractivity contribution < 1.29 is 14.3 Å². The van der Waals surface area contributed by atoms with Gasteiger partial charge < -0.3 is 20.3 Å². The molecule has 0 unspecified atom stereocenters. The number of nitrogens with two attached hydrogens (primary N) is 1. The first-order chi connectivity index (χ1) is 13.8. The molecule has 1 saturated heterocycles. The molecule has 2 atom stereocenters. The lowest BCUT2D eigenvalue weighted by molar-refractivity contribution is -0.136. The van der Waals surface area contributed by atoms with Gasteiger partial charge in [-0.25, -0.2) is 9.48 Å². The van der Waals surface area contributed by atoms with Gasteiger partial charge in [0.15, 0.2) is 0 Å². The topological polar surface area (TPSA) is 93.7 Å². The number of carbonyl (C=O) groups excluding carboxylic acids is 2. The van der Waals surface area contributed by atoms with Crippen LogP contribution in [0.1, 0.15) is 26.5 Å². The van der Waals surface area contributed by atoms with Crippen LogP contribution >= 0.6 is 0 Å². The summed E-state index contributed by atoms with van der Waals surface area (Å²) in [5, 5.41) is 4.42. The highest BCUT2D eigenvalue weighted by Crippen LogP contribution is 2.21. The number of hydrogen-bond acceptors (Lipinski definition) is 5. The van der Waals surface area contributed by atoms with Crippen molar-refractivity contribution >= 4 is 12.0 Å². The van der Waals surface area contributed by atoms with Crippen LogP contribution < -0.4 is 10.5 Å². The number of benzene rings is 1. The number of amides is 2. The number of hydrogen-bond donors (Lipinski definition) is 1. The average Bonchev–Trinajstić information content (AvgIpc) is 3.07. The SMILES string of the molecule is Cc1cc(OC(=O)N2CCN(C(=O)[C@@H](N)C(C)C)C[C@H]2C)n(-c2ccccc2)n1. The van der Waals surface area contributed by atoms with E-state index >= 15 is 0 Å². The summed E-state index contributed by atoms with van der Waals surface area (Å²) >= 11 is 0. The zero-order valence-corrected chi connectivity index (χ0v) is 17.4. The molecular weight excluding hydrogens is 370 g/mol. The molecule has 2 amide bonds. The molecule has 2 N–H and O–H groups in total. The first-order valence-electron chi connectivity index (χ1n) is 9.93. The average molecular weight is 399 g/mol. The molecule has 0 saturated carbocycles. The molecule has 2 heterocycles. The van der Waals surface area contributed by atoms with Gasteiger partial charge in [0, 0.05) is 31.7 Å². The van der Waals surface area contributed by atoms with Crippen molar-refractivity contribution in [3.63, 3.8) is 0 Å². The van der Waals surface area contributed by atoms with Crippen molar-refractivity contribution in [3.05, 3.63) is 42.1 Å². The second-order valence-electron chi connectivity index (χ2n) is 7.84. The van der Waals surface area contributed by atoms with Crippen molar-refractivity contribution in [1.82, 2.24) is 19.6 Å². The van der Waals surface area contributed by atoms with Gasteiger partial charge in [0.25, 0.3) is 0 Å². The molecule has 1 aromatic heterocycles. The maximum absolute atomic E-state index is 12.8. The normalized spacial score (nSPS) is 18.1. The molecule has 1 aromatic carbocycles. The molecule has 0 radical (unpaired) electrons. The minimum Gasteiger partial charge on any atom is -0.391 e. The van der Waals surface area contributed by atoms with Crippen LogP contribution in [0.2, 0.25) is 0 Å². The quantitative estimate of drug-likeness (QED) is 0.851. The van der Waals surface area contributed by atoms with Crippen LogP contribution in [0.25, 0.3) is 5.69 Å². The van der Waals surface area contributed by atoms with Gasteiger partial charge in [0.05, 0.1) is 17.4 Å². The standard InChI is InChI=1S/C21H29N5O3/c1-14(2)19(22)20(27)24-10-11-25(16(4)13-24)21(28)29-18-12-15(3)23-26(18)17-8-6-5-7-9-17/h5-9,12,14,16,19H,10-11,13,22H2,1-4H3/t16-,19+/m1/s1. The van der Waals surface area contributed by atoms with E-state index in [0.717, 1.165) is 11.4 Å². The second-order valence-corrected chi connectivity index (χ2v) is 7.84. The van der Waals surface area contributed by atoms with Crippen LogP contribution in [-0.2, 0) is 4.79 Å². The minimum absolute atomic E-state index is 0.0716. The van der Waals surface area contributed by atoms with Crippen LogP contribution in [0.3, 0.4) is 0 Å². The maximum Gasteiger partial charge on any atom is 0.416 e. The number of ether oxygens (including phenoxy) is 1. The number of para-hydroxylation sites is 1. The highest BCUT2D eigenvalue weighted by molar-refractivity contribution is 5.82. The van der Waals surface area contributed by atoms with Crippen LogP contribution in [0, 0.1) is 12.8 Å². The first kappa shape index (κ1) is 20.9. The number of rotatable bonds is 4. The van der Waals surface area contributed by atoms with E-state index in [1.807, 2.05) is 58.0 Å². The van der Waals surface area contributed by atoms with Gasteiger partial charge in [-0.3, -0.25) is 4.79 Å². The van der Waals surface area contributed by atoms with Crippen molar-refractivity contribution in [2.24, 2.45) is 11.7 Å². The Labute approximate surface area is 171 Å². The number of aromatic nitrogens is 2. The summed E-state index contributed by atoms with van der Waals surface area (Å²) in [5.74, 6) is 0.367. The van der Waals surface area contributed by atoms with E-state index in [1.54, 1.807) is 20.5 Å². The molecule has 0 bridgehead atoms. The molecule has 1 fully saturated rings. The largest absolute Gasteiger partial charge is 0.416 e. The number of piperazine rings is 1. The summed E-state index contributed by atoms with van der Waals surface area (Å²) in [5.41, 5.74) is 7.57. The third-order valence-corrected chi connectivity index (χ3v) is 5.17. The number of carbonyl (C=O) groups is 2. The van der Waals surface area contributed by atoms with E-state index in [9.17, 15) is 9.59 Å². The Morgan fingerprint density at radius 3 is 2.52 bits per heavy atom. The van der Waals surface area contributed by atoms with Gasteiger partial charge >= 0.3 is 6.09 Å². The fourth-order valence-electron chi connectivity index (χ4n) is 3.38. The third kappa shape index (κ3) is 4.59. The van der Waals surface area contributed by atoms with Gasteiger partial charge in [-0.05, 0) is 31.9 Å². The first-order valence-corrected chi connectivity index (χ1v) is 9.93. The lowest BCUT2D eigenvalue weighted by Gasteiger charge is -2.40. The minimum atomic E-state index is -0.524. The molecule has 0 aliphatic carbocycles. The molecule has 0 spiro atoms. The predicted molar refractivity (Wildman–Crippen MR) is 110 cm³/mol. The summed E-state index contributed by atoms with van der Waals surface area (Å²) < 4.78 is 7.28. The van der Waals surface area contributed by atoms with Crippen molar-refractivity contribution in [2.45, 2.75) is 39.8 Å². The summed E-state index contributed by atoms with van der Waals surface area (Å²) in [6.07, 6.45) is -0.449. The lowest BCUT2D eigenvalue weighted by atomic mass is 10.0. The van der Waals surface area contributed by atoms with E-state index < -0.39 is 12.1 Å². The zero-order chi connectivity index (χ0) is 21.1. The predicted octanol–water partition coefficient (Wildman–Crippen LogP) is 2.20. The van der Waals surface area contributed by atoms with Crippen molar-refractivity contribution in [3.8, 4) is 11.6 Å².